The summed E-state index contributed by atoms with van der Waals surface area (Å²) >= 11 is 0. The van der Waals surface area contributed by atoms with E-state index in [2.05, 4.69) is 38.2 Å². The lowest BCUT2D eigenvalue weighted by molar-refractivity contribution is 0.109. The van der Waals surface area contributed by atoms with Crippen molar-refractivity contribution < 1.29 is 9.84 Å². The molecule has 0 saturated heterocycles. The molecule has 2 N–H and O–H groups in total. The smallest absolute Gasteiger partial charge is 0.118 e. The Morgan fingerprint density at radius 3 is 2.15 bits per heavy atom. The number of nitrogens with one attached hydrogen (secondary N) is 1. The van der Waals surface area contributed by atoms with E-state index >= 15 is 0 Å². The highest BCUT2D eigenvalue weighted by Crippen LogP contribution is 2.27. The molecule has 0 heterocycles. The van der Waals surface area contributed by atoms with Crippen molar-refractivity contribution in [3.63, 3.8) is 0 Å². The number of rotatable bonds is 9. The minimum Gasteiger partial charge on any atom is -0.497 e. The van der Waals surface area contributed by atoms with Gasteiger partial charge in [0.2, 0.25) is 0 Å². The zero-order valence-corrected chi connectivity index (χ0v) is 13.3. The molecule has 0 aliphatic heterocycles. The molecule has 0 spiro atoms. The molecule has 0 aromatic heterocycles. The van der Waals surface area contributed by atoms with Crippen LogP contribution in [0, 0.1) is 5.41 Å². The van der Waals surface area contributed by atoms with Gasteiger partial charge in [0.25, 0.3) is 0 Å². The second kappa shape index (κ2) is 8.28. The summed E-state index contributed by atoms with van der Waals surface area (Å²) in [5.74, 6) is 0.885. The number of aliphatic hydroxyl groups is 1. The average Bonchev–Trinajstić information content (AvgIpc) is 2.53. The highest BCUT2D eigenvalue weighted by atomic mass is 16.5. The fourth-order valence-corrected chi connectivity index (χ4v) is 2.45. The maximum atomic E-state index is 9.64. The quantitative estimate of drug-likeness (QED) is 0.726. The Balaban J connectivity index is 2.71. The zero-order chi connectivity index (χ0) is 15.0. The molecule has 1 unspecified atom stereocenters. The van der Waals surface area contributed by atoms with Crippen LogP contribution in [0.2, 0.25) is 0 Å². The maximum absolute atomic E-state index is 9.64. The Hall–Kier alpha value is -1.06. The molecule has 1 atom stereocenters. The lowest BCUT2D eigenvalue weighted by atomic mass is 9.83. The molecule has 1 aromatic carbocycles. The van der Waals surface area contributed by atoms with Gasteiger partial charge in [0, 0.05) is 24.6 Å². The Morgan fingerprint density at radius 1 is 1.15 bits per heavy atom. The summed E-state index contributed by atoms with van der Waals surface area (Å²) in [6, 6.07) is 8.54. The fourth-order valence-electron chi connectivity index (χ4n) is 2.45. The van der Waals surface area contributed by atoms with Crippen molar-refractivity contribution in [2.75, 3.05) is 20.3 Å². The molecule has 0 bridgehead atoms. The summed E-state index contributed by atoms with van der Waals surface area (Å²) in [6.45, 7) is 7.57. The van der Waals surface area contributed by atoms with Crippen molar-refractivity contribution in [2.45, 2.75) is 46.1 Å². The first kappa shape index (κ1) is 17.0. The van der Waals surface area contributed by atoms with Crippen molar-refractivity contribution in [2.24, 2.45) is 5.41 Å². The van der Waals surface area contributed by atoms with Gasteiger partial charge in [0.1, 0.15) is 5.75 Å². The van der Waals surface area contributed by atoms with E-state index < -0.39 is 0 Å². The monoisotopic (exact) mass is 279 g/mol. The van der Waals surface area contributed by atoms with Crippen LogP contribution < -0.4 is 10.1 Å². The topological polar surface area (TPSA) is 41.5 Å². The van der Waals surface area contributed by atoms with Crippen LogP contribution in [0.5, 0.6) is 5.75 Å². The average molecular weight is 279 g/mol. The van der Waals surface area contributed by atoms with Crippen molar-refractivity contribution in [1.29, 1.82) is 0 Å². The van der Waals surface area contributed by atoms with E-state index in [4.69, 9.17) is 4.74 Å². The van der Waals surface area contributed by atoms with E-state index in [1.165, 1.54) is 5.56 Å². The van der Waals surface area contributed by atoms with E-state index in [-0.39, 0.29) is 12.0 Å². The van der Waals surface area contributed by atoms with Crippen LogP contribution in [0.15, 0.2) is 24.3 Å². The Morgan fingerprint density at radius 2 is 1.75 bits per heavy atom. The van der Waals surface area contributed by atoms with Gasteiger partial charge in [-0.05, 0) is 37.0 Å². The van der Waals surface area contributed by atoms with Crippen LogP contribution in [0.4, 0.5) is 0 Å². The third kappa shape index (κ3) is 4.22. The van der Waals surface area contributed by atoms with Gasteiger partial charge in [0.05, 0.1) is 7.11 Å². The molecule has 3 nitrogen and oxygen atoms in total. The first-order valence-electron chi connectivity index (χ1n) is 7.62. The largest absolute Gasteiger partial charge is 0.497 e. The molecule has 1 rings (SSSR count). The zero-order valence-electron chi connectivity index (χ0n) is 13.3. The summed E-state index contributed by atoms with van der Waals surface area (Å²) in [4.78, 5) is 0. The van der Waals surface area contributed by atoms with Gasteiger partial charge in [-0.25, -0.2) is 0 Å². The van der Waals surface area contributed by atoms with Gasteiger partial charge < -0.3 is 15.2 Å². The number of ether oxygens (including phenoxy) is 1. The van der Waals surface area contributed by atoms with Crippen LogP contribution in [-0.4, -0.2) is 25.4 Å². The molecule has 0 amide bonds. The van der Waals surface area contributed by atoms with E-state index in [0.29, 0.717) is 6.04 Å². The van der Waals surface area contributed by atoms with Crippen molar-refractivity contribution in [1.82, 2.24) is 5.32 Å². The molecule has 1 aromatic rings. The minimum atomic E-state index is -0.000109. The van der Waals surface area contributed by atoms with E-state index in [9.17, 15) is 5.11 Å². The van der Waals surface area contributed by atoms with Gasteiger partial charge >= 0.3 is 0 Å². The summed E-state index contributed by atoms with van der Waals surface area (Å²) in [5, 5.41) is 13.3. The molecule has 0 radical (unpaired) electrons. The molecule has 3 heteroatoms. The predicted octanol–water partition coefficient (Wildman–Crippen LogP) is 3.53. The van der Waals surface area contributed by atoms with E-state index in [1.54, 1.807) is 7.11 Å². The third-order valence-corrected chi connectivity index (χ3v) is 4.49. The first-order chi connectivity index (χ1) is 9.64. The van der Waals surface area contributed by atoms with Gasteiger partial charge in [-0.3, -0.25) is 0 Å². The van der Waals surface area contributed by atoms with Gasteiger partial charge in [0.15, 0.2) is 0 Å². The molecule has 0 fully saturated rings. The predicted molar refractivity (Wildman–Crippen MR) is 84.1 cm³/mol. The Kier molecular flexibility index (Phi) is 7.03. The number of hydrogen-bond donors (Lipinski definition) is 2. The minimum absolute atomic E-state index is 0.000109. The molecule has 0 saturated carbocycles. The summed E-state index contributed by atoms with van der Waals surface area (Å²) in [7, 11) is 1.68. The standard InChI is InChI=1S/C17H29NO2/c1-5-16(14-8-10-15(20-4)11-9-14)18-12-17(6-2,7-3)13-19/h8-11,16,18-19H,5-7,12-13H2,1-4H3. The lowest BCUT2D eigenvalue weighted by Crippen LogP contribution is -2.38. The van der Waals surface area contributed by atoms with Crippen LogP contribution in [-0.2, 0) is 0 Å². The van der Waals surface area contributed by atoms with Crippen LogP contribution in [0.25, 0.3) is 0 Å². The number of hydrogen-bond acceptors (Lipinski definition) is 3. The SMILES string of the molecule is CCC(NCC(CC)(CC)CO)c1ccc(OC)cc1. The molecule has 0 aliphatic rings. The highest BCUT2D eigenvalue weighted by Gasteiger charge is 2.26. The second-order valence-corrected chi connectivity index (χ2v) is 5.48. The molecule has 0 aliphatic carbocycles. The summed E-state index contributed by atoms with van der Waals surface area (Å²) < 4.78 is 5.20. The second-order valence-electron chi connectivity index (χ2n) is 5.48. The van der Waals surface area contributed by atoms with Gasteiger partial charge in [-0.15, -0.1) is 0 Å². The summed E-state index contributed by atoms with van der Waals surface area (Å²) in [5.41, 5.74) is 1.27. The molecular formula is C17H29NO2. The number of benzene rings is 1. The maximum Gasteiger partial charge on any atom is 0.118 e. The van der Waals surface area contributed by atoms with Crippen molar-refractivity contribution in [3.05, 3.63) is 29.8 Å². The Bertz CT molecular complexity index is 363. The fraction of sp³-hybridized carbons (Fsp3) is 0.647. The first-order valence-corrected chi connectivity index (χ1v) is 7.62. The van der Waals surface area contributed by atoms with E-state index in [0.717, 1.165) is 31.6 Å². The van der Waals surface area contributed by atoms with Gasteiger partial charge in [-0.1, -0.05) is 32.9 Å². The Labute approximate surface area is 123 Å². The van der Waals surface area contributed by atoms with Crippen molar-refractivity contribution >= 4 is 0 Å². The molecular weight excluding hydrogens is 250 g/mol. The van der Waals surface area contributed by atoms with Crippen molar-refractivity contribution in [3.8, 4) is 5.75 Å². The lowest BCUT2D eigenvalue weighted by Gasteiger charge is -2.32. The van der Waals surface area contributed by atoms with Crippen LogP contribution in [0.1, 0.15) is 51.6 Å². The van der Waals surface area contributed by atoms with Gasteiger partial charge in [-0.2, -0.15) is 0 Å². The number of aliphatic hydroxyl groups excluding tert-OH is 1. The van der Waals surface area contributed by atoms with Crippen LogP contribution in [0.3, 0.4) is 0 Å². The third-order valence-electron chi connectivity index (χ3n) is 4.49. The molecule has 20 heavy (non-hydrogen) atoms. The van der Waals surface area contributed by atoms with E-state index in [1.807, 2.05) is 12.1 Å². The molecule has 114 valence electrons. The normalized spacial score (nSPS) is 13.2. The van der Waals surface area contributed by atoms with Crippen LogP contribution >= 0.6 is 0 Å². The summed E-state index contributed by atoms with van der Waals surface area (Å²) in [6.07, 6.45) is 3.01. The number of methoxy groups -OCH3 is 1. The highest BCUT2D eigenvalue weighted by molar-refractivity contribution is 5.29.